The third kappa shape index (κ3) is 84.0. The molecule has 0 saturated heterocycles. The Hall–Kier alpha value is -1.94. The smallest absolute Gasteiger partial charge is 0.462 e. The number of carbonyl (C=O) groups is 4. The summed E-state index contributed by atoms with van der Waals surface area (Å²) in [7, 11) is -9.94. The van der Waals surface area contributed by atoms with Crippen LogP contribution >= 0.6 is 15.6 Å². The van der Waals surface area contributed by atoms with Crippen LogP contribution in [0.1, 0.15) is 485 Å². The van der Waals surface area contributed by atoms with E-state index in [4.69, 9.17) is 37.0 Å². The molecule has 0 spiro atoms. The Bertz CT molecular complexity index is 2110. The van der Waals surface area contributed by atoms with Gasteiger partial charge in [0, 0.05) is 25.7 Å². The molecule has 0 aromatic heterocycles. The van der Waals surface area contributed by atoms with E-state index in [0.717, 1.165) is 108 Å². The van der Waals surface area contributed by atoms with Crippen molar-refractivity contribution in [3.63, 3.8) is 0 Å². The molecule has 0 fully saturated rings. The lowest BCUT2D eigenvalue weighted by molar-refractivity contribution is -0.161. The Morgan fingerprint density at radius 3 is 0.618 bits per heavy atom. The lowest BCUT2D eigenvalue weighted by atomic mass is 10.0. The van der Waals surface area contributed by atoms with Gasteiger partial charge >= 0.3 is 39.5 Å². The Morgan fingerprint density at radius 2 is 0.418 bits per heavy atom. The Labute approximate surface area is 677 Å². The van der Waals surface area contributed by atoms with Crippen LogP contribution in [0.25, 0.3) is 0 Å². The Balaban J connectivity index is 5.25. The fourth-order valence-electron chi connectivity index (χ4n) is 14.3. The Kier molecular flexibility index (Phi) is 79.4. The molecule has 0 rings (SSSR count). The number of unbranched alkanes of at least 4 members (excludes halogenated alkanes) is 57. The largest absolute Gasteiger partial charge is 0.472 e. The van der Waals surface area contributed by atoms with Gasteiger partial charge in [0.15, 0.2) is 12.2 Å². The highest BCUT2D eigenvalue weighted by molar-refractivity contribution is 7.47. The molecule has 0 aliphatic rings. The number of rotatable bonds is 89. The van der Waals surface area contributed by atoms with Gasteiger partial charge < -0.3 is 33.8 Å². The molecule has 2 unspecified atom stereocenters. The molecule has 110 heavy (non-hydrogen) atoms. The summed E-state index contributed by atoms with van der Waals surface area (Å²) in [5.41, 5.74) is 0. The van der Waals surface area contributed by atoms with Crippen molar-refractivity contribution in [2.24, 2.45) is 17.8 Å². The van der Waals surface area contributed by atoms with Crippen molar-refractivity contribution < 1.29 is 80.2 Å². The van der Waals surface area contributed by atoms with Crippen LogP contribution < -0.4 is 0 Å². The Morgan fingerprint density at radius 1 is 0.245 bits per heavy atom. The first-order chi connectivity index (χ1) is 53.2. The maximum absolute atomic E-state index is 13.2. The second-order valence-electron chi connectivity index (χ2n) is 34.1. The van der Waals surface area contributed by atoms with Gasteiger partial charge in [-0.05, 0) is 43.4 Å². The molecule has 0 aliphatic carbocycles. The molecule has 0 aliphatic heterocycles. The summed E-state index contributed by atoms with van der Waals surface area (Å²) in [6.07, 6.45) is 73.7. The molecular weight excluding hydrogens is 1430 g/mol. The van der Waals surface area contributed by atoms with Gasteiger partial charge in [0.25, 0.3) is 0 Å². The van der Waals surface area contributed by atoms with E-state index in [0.29, 0.717) is 25.7 Å². The van der Waals surface area contributed by atoms with Crippen LogP contribution in [0.3, 0.4) is 0 Å². The SMILES string of the molecule is CCCCCCCCCCCCCCCCCCCCCCC(=O)O[C@H](COC(=O)CCCCCCCCCCCCCCCCCCC(C)C)COP(=O)(O)OC[C@@H](O)COP(=O)(O)OC[C@@H](COC(=O)CCCCCCCCCCCC(C)C)OC(=O)CCCCCCCCCCCCCCCCCCC(C)C. The average molecular weight is 1610 g/mol. The van der Waals surface area contributed by atoms with Crippen LogP contribution in [-0.4, -0.2) is 96.7 Å². The first-order valence-corrected chi connectivity index (χ1v) is 49.8. The minimum absolute atomic E-state index is 0.108. The summed E-state index contributed by atoms with van der Waals surface area (Å²) in [6.45, 7) is 12.1. The number of esters is 4. The van der Waals surface area contributed by atoms with Crippen molar-refractivity contribution >= 4 is 39.5 Å². The zero-order valence-electron chi connectivity index (χ0n) is 72.7. The highest BCUT2D eigenvalue weighted by Crippen LogP contribution is 2.45. The molecule has 0 bridgehead atoms. The van der Waals surface area contributed by atoms with Gasteiger partial charge in [-0.1, -0.05) is 434 Å². The molecule has 3 N–H and O–H groups in total. The lowest BCUT2D eigenvalue weighted by Crippen LogP contribution is -2.30. The lowest BCUT2D eigenvalue weighted by Gasteiger charge is -2.21. The summed E-state index contributed by atoms with van der Waals surface area (Å²) in [6, 6.07) is 0. The normalized spacial score (nSPS) is 13.8. The fraction of sp³-hybridized carbons (Fsp3) is 0.956. The molecular formula is C91H178O17P2. The van der Waals surface area contributed by atoms with Crippen molar-refractivity contribution in [3.8, 4) is 0 Å². The molecule has 19 heteroatoms. The predicted molar refractivity (Wildman–Crippen MR) is 455 cm³/mol. The highest BCUT2D eigenvalue weighted by atomic mass is 31.2. The maximum Gasteiger partial charge on any atom is 0.472 e. The molecule has 0 saturated carbocycles. The van der Waals surface area contributed by atoms with Gasteiger partial charge in [-0.25, -0.2) is 9.13 Å². The maximum atomic E-state index is 13.2. The van der Waals surface area contributed by atoms with E-state index in [-0.39, 0.29) is 25.7 Å². The second kappa shape index (κ2) is 80.8. The van der Waals surface area contributed by atoms with E-state index in [1.807, 2.05) is 0 Å². The first kappa shape index (κ1) is 108. The predicted octanol–water partition coefficient (Wildman–Crippen LogP) is 28.0. The average Bonchev–Trinajstić information content (AvgIpc) is 0.898. The van der Waals surface area contributed by atoms with Gasteiger partial charge in [-0.15, -0.1) is 0 Å². The monoisotopic (exact) mass is 1610 g/mol. The summed E-state index contributed by atoms with van der Waals surface area (Å²) in [5, 5.41) is 10.7. The fourth-order valence-corrected chi connectivity index (χ4v) is 15.8. The molecule has 5 atom stereocenters. The van der Waals surface area contributed by atoms with Gasteiger partial charge in [-0.2, -0.15) is 0 Å². The van der Waals surface area contributed by atoms with Crippen molar-refractivity contribution in [1.29, 1.82) is 0 Å². The number of hydrogen-bond donors (Lipinski definition) is 3. The number of aliphatic hydroxyl groups is 1. The standard InChI is InChI=1S/C91H178O17P2/c1-8-9-10-11-12-13-14-15-16-17-18-19-20-28-33-38-45-53-60-67-74-90(95)107-86(78-101-88(93)72-65-58-51-44-37-32-27-23-21-25-30-35-41-48-55-62-69-82(2)3)80-105-109(97,98)103-76-85(92)77-104-110(99,100)106-81-87(79-102-89(94)73-66-59-52-47-40-43-50-57-64-71-84(6)7)108-91(96)75-68-61-54-46-39-34-29-24-22-26-31-36-42-49-56-63-70-83(4)5/h82-87,92H,8-81H2,1-7H3,(H,97,98)(H,99,100)/t85-,86-,87-/m1/s1. The summed E-state index contributed by atoms with van der Waals surface area (Å²) in [4.78, 5) is 73.4. The highest BCUT2D eigenvalue weighted by Gasteiger charge is 2.31. The topological polar surface area (TPSA) is 237 Å². The summed E-state index contributed by atoms with van der Waals surface area (Å²) >= 11 is 0. The van der Waals surface area contributed by atoms with Crippen molar-refractivity contribution in [2.75, 3.05) is 39.6 Å². The molecule has 0 aromatic rings. The van der Waals surface area contributed by atoms with Gasteiger partial charge in [-0.3, -0.25) is 37.3 Å². The summed E-state index contributed by atoms with van der Waals surface area (Å²) in [5.74, 6) is 0.268. The van der Waals surface area contributed by atoms with Crippen LogP contribution in [0, 0.1) is 17.8 Å². The number of ether oxygens (including phenoxy) is 4. The summed E-state index contributed by atoms with van der Waals surface area (Å²) < 4.78 is 69.1. The van der Waals surface area contributed by atoms with E-state index in [1.165, 1.54) is 295 Å². The van der Waals surface area contributed by atoms with E-state index in [1.54, 1.807) is 0 Å². The number of carbonyl (C=O) groups excluding carboxylic acids is 4. The van der Waals surface area contributed by atoms with Gasteiger partial charge in [0.1, 0.15) is 19.3 Å². The van der Waals surface area contributed by atoms with E-state index < -0.39 is 97.5 Å². The van der Waals surface area contributed by atoms with Crippen molar-refractivity contribution in [1.82, 2.24) is 0 Å². The first-order valence-electron chi connectivity index (χ1n) is 46.8. The van der Waals surface area contributed by atoms with E-state index in [9.17, 15) is 43.2 Å². The molecule has 0 amide bonds. The van der Waals surface area contributed by atoms with Gasteiger partial charge in [0.05, 0.1) is 26.4 Å². The minimum atomic E-state index is -4.97. The van der Waals surface area contributed by atoms with Crippen LogP contribution in [0.4, 0.5) is 0 Å². The third-order valence-corrected chi connectivity index (χ3v) is 23.3. The number of hydrogen-bond acceptors (Lipinski definition) is 15. The molecule has 0 aromatic carbocycles. The molecule has 0 heterocycles. The minimum Gasteiger partial charge on any atom is -0.462 e. The second-order valence-corrected chi connectivity index (χ2v) is 37.0. The number of phosphoric acid groups is 2. The quantitative estimate of drug-likeness (QED) is 0.0222. The van der Waals surface area contributed by atoms with Crippen molar-refractivity contribution in [3.05, 3.63) is 0 Å². The molecule has 654 valence electrons. The number of phosphoric ester groups is 2. The zero-order valence-corrected chi connectivity index (χ0v) is 74.5. The third-order valence-electron chi connectivity index (χ3n) is 21.4. The van der Waals surface area contributed by atoms with Crippen molar-refractivity contribution in [2.45, 2.75) is 503 Å². The van der Waals surface area contributed by atoms with Crippen LogP contribution in [0.5, 0.6) is 0 Å². The van der Waals surface area contributed by atoms with Crippen LogP contribution in [0.15, 0.2) is 0 Å². The molecule has 17 nitrogen and oxygen atoms in total. The van der Waals surface area contributed by atoms with E-state index >= 15 is 0 Å². The van der Waals surface area contributed by atoms with Crippen LogP contribution in [0.2, 0.25) is 0 Å². The van der Waals surface area contributed by atoms with Crippen LogP contribution in [-0.2, 0) is 65.4 Å². The van der Waals surface area contributed by atoms with Gasteiger partial charge in [0.2, 0.25) is 0 Å². The molecule has 0 radical (unpaired) electrons. The zero-order chi connectivity index (χ0) is 80.8. The van der Waals surface area contributed by atoms with E-state index in [2.05, 4.69) is 48.5 Å². The number of aliphatic hydroxyl groups excluding tert-OH is 1.